The Balaban J connectivity index is 1.61. The lowest BCUT2D eigenvalue weighted by Gasteiger charge is -2.26. The number of benzene rings is 1. The zero-order chi connectivity index (χ0) is 13.1. The van der Waals surface area contributed by atoms with Crippen LogP contribution in [-0.2, 0) is 5.75 Å². The van der Waals surface area contributed by atoms with E-state index in [9.17, 15) is 0 Å². The molecule has 0 radical (unpaired) electrons. The van der Waals surface area contributed by atoms with Crippen molar-refractivity contribution in [3.63, 3.8) is 0 Å². The van der Waals surface area contributed by atoms with E-state index in [0.29, 0.717) is 5.82 Å². The smallest absolute Gasteiger partial charge is 0.236 e. The van der Waals surface area contributed by atoms with Crippen LogP contribution < -0.4 is 5.32 Å². The van der Waals surface area contributed by atoms with Crippen molar-refractivity contribution in [1.82, 2.24) is 15.5 Å². The second-order valence-corrected chi connectivity index (χ2v) is 5.90. The standard InChI is InChI=1S/C14H17N3OS/c1-10-4-2-3-5-12(10)14-16-13(18-17-14)9-19-8-11-6-15-7-11/h2-5,11,15H,6-9H2,1H3. The van der Waals surface area contributed by atoms with Crippen LogP contribution in [0.15, 0.2) is 28.8 Å². The molecule has 0 saturated carbocycles. The third kappa shape index (κ3) is 2.98. The van der Waals surface area contributed by atoms with E-state index in [4.69, 9.17) is 4.52 Å². The van der Waals surface area contributed by atoms with Gasteiger partial charge < -0.3 is 9.84 Å². The highest BCUT2D eigenvalue weighted by Gasteiger charge is 2.17. The molecule has 1 saturated heterocycles. The van der Waals surface area contributed by atoms with Crippen molar-refractivity contribution < 1.29 is 4.52 Å². The van der Waals surface area contributed by atoms with Crippen LogP contribution in [0.3, 0.4) is 0 Å². The Labute approximate surface area is 117 Å². The molecule has 0 aliphatic carbocycles. The van der Waals surface area contributed by atoms with Gasteiger partial charge in [0.25, 0.3) is 0 Å². The molecule has 0 spiro atoms. The molecule has 0 atom stereocenters. The molecular formula is C14H17N3OS. The second kappa shape index (κ2) is 5.75. The molecule has 4 nitrogen and oxygen atoms in total. The molecule has 1 aliphatic rings. The summed E-state index contributed by atoms with van der Waals surface area (Å²) >= 11 is 1.87. The van der Waals surface area contributed by atoms with Crippen molar-refractivity contribution in [3.05, 3.63) is 35.7 Å². The number of thioether (sulfide) groups is 1. The molecule has 19 heavy (non-hydrogen) atoms. The Morgan fingerprint density at radius 2 is 2.21 bits per heavy atom. The van der Waals surface area contributed by atoms with Gasteiger partial charge in [0.1, 0.15) is 0 Å². The van der Waals surface area contributed by atoms with E-state index in [1.165, 1.54) is 5.56 Å². The van der Waals surface area contributed by atoms with Gasteiger partial charge in [-0.1, -0.05) is 29.4 Å². The molecule has 3 rings (SSSR count). The van der Waals surface area contributed by atoms with Crippen LogP contribution in [0.5, 0.6) is 0 Å². The first-order valence-corrected chi connectivity index (χ1v) is 7.65. The Bertz CT molecular complexity index is 551. The maximum atomic E-state index is 5.31. The maximum Gasteiger partial charge on any atom is 0.236 e. The van der Waals surface area contributed by atoms with Crippen molar-refractivity contribution in [2.24, 2.45) is 5.92 Å². The van der Waals surface area contributed by atoms with E-state index in [0.717, 1.165) is 42.0 Å². The van der Waals surface area contributed by atoms with Crippen molar-refractivity contribution in [2.75, 3.05) is 18.8 Å². The fraction of sp³-hybridized carbons (Fsp3) is 0.429. The Hall–Kier alpha value is -1.33. The first kappa shape index (κ1) is 12.7. The average molecular weight is 275 g/mol. The van der Waals surface area contributed by atoms with E-state index in [-0.39, 0.29) is 0 Å². The number of rotatable bonds is 5. The summed E-state index contributed by atoms with van der Waals surface area (Å²) in [5, 5.41) is 7.34. The summed E-state index contributed by atoms with van der Waals surface area (Å²) in [6.45, 7) is 4.35. The third-order valence-electron chi connectivity index (χ3n) is 3.30. The van der Waals surface area contributed by atoms with Crippen LogP contribution in [0.4, 0.5) is 0 Å². The average Bonchev–Trinajstić information content (AvgIpc) is 2.81. The van der Waals surface area contributed by atoms with Gasteiger partial charge in [0, 0.05) is 5.56 Å². The fourth-order valence-electron chi connectivity index (χ4n) is 2.03. The van der Waals surface area contributed by atoms with E-state index in [1.807, 2.05) is 30.0 Å². The van der Waals surface area contributed by atoms with Gasteiger partial charge >= 0.3 is 0 Å². The summed E-state index contributed by atoms with van der Waals surface area (Å²) in [7, 11) is 0. The summed E-state index contributed by atoms with van der Waals surface area (Å²) in [4.78, 5) is 4.47. The van der Waals surface area contributed by atoms with Gasteiger partial charge in [-0.3, -0.25) is 0 Å². The lowest BCUT2D eigenvalue weighted by molar-refractivity contribution is 0.382. The van der Waals surface area contributed by atoms with Crippen molar-refractivity contribution in [1.29, 1.82) is 0 Å². The Morgan fingerprint density at radius 1 is 1.37 bits per heavy atom. The molecule has 2 heterocycles. The molecule has 0 amide bonds. The van der Waals surface area contributed by atoms with Gasteiger partial charge in [0.2, 0.25) is 11.7 Å². The van der Waals surface area contributed by atoms with Crippen molar-refractivity contribution in [3.8, 4) is 11.4 Å². The number of nitrogens with zero attached hydrogens (tertiary/aromatic N) is 2. The second-order valence-electron chi connectivity index (χ2n) is 4.87. The van der Waals surface area contributed by atoms with Crippen molar-refractivity contribution in [2.45, 2.75) is 12.7 Å². The van der Waals surface area contributed by atoms with E-state index >= 15 is 0 Å². The molecule has 1 aromatic carbocycles. The lowest BCUT2D eigenvalue weighted by atomic mass is 10.1. The van der Waals surface area contributed by atoms with Gasteiger partial charge in [0.05, 0.1) is 5.75 Å². The molecule has 1 aliphatic heterocycles. The maximum absolute atomic E-state index is 5.31. The summed E-state index contributed by atoms with van der Waals surface area (Å²) in [5.74, 6) is 4.18. The van der Waals surface area contributed by atoms with Gasteiger partial charge in [-0.25, -0.2) is 0 Å². The normalized spacial score (nSPS) is 15.4. The minimum atomic E-state index is 0.694. The molecule has 0 bridgehead atoms. The van der Waals surface area contributed by atoms with Crippen LogP contribution in [0.25, 0.3) is 11.4 Å². The highest BCUT2D eigenvalue weighted by molar-refractivity contribution is 7.98. The summed E-state index contributed by atoms with van der Waals surface area (Å²) < 4.78 is 5.31. The molecule has 1 N–H and O–H groups in total. The molecule has 1 aromatic heterocycles. The largest absolute Gasteiger partial charge is 0.338 e. The van der Waals surface area contributed by atoms with E-state index in [1.54, 1.807) is 0 Å². The number of hydrogen-bond acceptors (Lipinski definition) is 5. The number of aromatic nitrogens is 2. The third-order valence-corrected chi connectivity index (χ3v) is 4.46. The van der Waals surface area contributed by atoms with Crippen LogP contribution in [0.2, 0.25) is 0 Å². The molecule has 5 heteroatoms. The fourth-order valence-corrected chi connectivity index (χ4v) is 3.00. The Morgan fingerprint density at radius 3 is 2.95 bits per heavy atom. The molecule has 2 aromatic rings. The molecule has 1 fully saturated rings. The Kier molecular flexibility index (Phi) is 3.84. The number of hydrogen-bond donors (Lipinski definition) is 1. The monoisotopic (exact) mass is 275 g/mol. The number of nitrogens with one attached hydrogen (secondary N) is 1. The van der Waals surface area contributed by atoms with Gasteiger partial charge in [0.15, 0.2) is 0 Å². The quantitative estimate of drug-likeness (QED) is 0.908. The summed E-state index contributed by atoms with van der Waals surface area (Å²) in [6, 6.07) is 8.10. The molecule has 0 unspecified atom stereocenters. The van der Waals surface area contributed by atoms with Crippen molar-refractivity contribution >= 4 is 11.8 Å². The minimum Gasteiger partial charge on any atom is -0.338 e. The predicted octanol–water partition coefficient (Wildman–Crippen LogP) is 2.50. The SMILES string of the molecule is Cc1ccccc1-c1noc(CSCC2CNC2)n1. The van der Waals surface area contributed by atoms with Crippen LogP contribution in [0, 0.1) is 12.8 Å². The van der Waals surface area contributed by atoms with Gasteiger partial charge in [-0.15, -0.1) is 0 Å². The van der Waals surface area contributed by atoms with Gasteiger partial charge in [-0.05, 0) is 37.2 Å². The molecular weight excluding hydrogens is 258 g/mol. The van der Waals surface area contributed by atoms with E-state index in [2.05, 4.69) is 28.4 Å². The van der Waals surface area contributed by atoms with Crippen LogP contribution in [-0.4, -0.2) is 29.0 Å². The molecule has 100 valence electrons. The summed E-state index contributed by atoms with van der Waals surface area (Å²) in [6.07, 6.45) is 0. The zero-order valence-corrected chi connectivity index (χ0v) is 11.7. The van der Waals surface area contributed by atoms with E-state index < -0.39 is 0 Å². The van der Waals surface area contributed by atoms with Crippen LogP contribution in [0.1, 0.15) is 11.5 Å². The highest BCUT2D eigenvalue weighted by Crippen LogP contribution is 2.22. The first-order chi connectivity index (χ1) is 9.33. The topological polar surface area (TPSA) is 51.0 Å². The minimum absolute atomic E-state index is 0.694. The lowest BCUT2D eigenvalue weighted by Crippen LogP contribution is -2.43. The number of aryl methyl sites for hydroxylation is 1. The highest BCUT2D eigenvalue weighted by atomic mass is 32.2. The van der Waals surface area contributed by atoms with Crippen LogP contribution >= 0.6 is 11.8 Å². The first-order valence-electron chi connectivity index (χ1n) is 6.50. The van der Waals surface area contributed by atoms with Gasteiger partial charge in [-0.2, -0.15) is 16.7 Å². The zero-order valence-electron chi connectivity index (χ0n) is 10.9. The predicted molar refractivity (Wildman–Crippen MR) is 77.0 cm³/mol. The summed E-state index contributed by atoms with van der Waals surface area (Å²) in [5.41, 5.74) is 2.22.